The molecule has 2 aromatic rings. The second kappa shape index (κ2) is 7.10. The van der Waals surface area contributed by atoms with Crippen molar-refractivity contribution in [2.45, 2.75) is 26.3 Å². The van der Waals surface area contributed by atoms with Crippen LogP contribution in [0.3, 0.4) is 0 Å². The van der Waals surface area contributed by atoms with Gasteiger partial charge in [0.15, 0.2) is 0 Å². The standard InChI is InChI=1S/C17H17BrClNO/c1-3-16(12-5-7-13(19)8-6-12)20-17(21)14-10-11(2)4-9-15(14)18/h4-10,16H,3H2,1-2H3,(H,20,21). The fourth-order valence-electron chi connectivity index (χ4n) is 2.17. The molecule has 0 aliphatic carbocycles. The summed E-state index contributed by atoms with van der Waals surface area (Å²) in [5.41, 5.74) is 2.77. The number of benzene rings is 2. The summed E-state index contributed by atoms with van der Waals surface area (Å²) in [4.78, 5) is 12.5. The number of aryl methyl sites for hydroxylation is 1. The highest BCUT2D eigenvalue weighted by molar-refractivity contribution is 9.10. The van der Waals surface area contributed by atoms with Gasteiger partial charge in [-0.1, -0.05) is 42.3 Å². The van der Waals surface area contributed by atoms with Crippen molar-refractivity contribution in [2.75, 3.05) is 0 Å². The Morgan fingerprint density at radius 2 is 1.90 bits per heavy atom. The van der Waals surface area contributed by atoms with Crippen molar-refractivity contribution in [1.82, 2.24) is 5.32 Å². The van der Waals surface area contributed by atoms with E-state index in [0.29, 0.717) is 10.6 Å². The molecule has 0 radical (unpaired) electrons. The smallest absolute Gasteiger partial charge is 0.252 e. The Bertz CT molecular complexity index is 640. The molecule has 0 fully saturated rings. The van der Waals surface area contributed by atoms with E-state index >= 15 is 0 Å². The van der Waals surface area contributed by atoms with Crippen molar-refractivity contribution < 1.29 is 4.79 Å². The summed E-state index contributed by atoms with van der Waals surface area (Å²) in [5.74, 6) is -0.0765. The topological polar surface area (TPSA) is 29.1 Å². The lowest BCUT2D eigenvalue weighted by Gasteiger charge is -2.18. The number of hydrogen-bond acceptors (Lipinski definition) is 1. The maximum atomic E-state index is 12.5. The summed E-state index contributed by atoms with van der Waals surface area (Å²) in [6, 6.07) is 13.3. The number of carbonyl (C=O) groups excluding carboxylic acids is 1. The van der Waals surface area contributed by atoms with E-state index in [0.717, 1.165) is 22.0 Å². The van der Waals surface area contributed by atoms with Crippen LogP contribution in [0, 0.1) is 6.92 Å². The van der Waals surface area contributed by atoms with E-state index in [1.54, 1.807) is 0 Å². The fourth-order valence-corrected chi connectivity index (χ4v) is 2.72. The zero-order valence-corrected chi connectivity index (χ0v) is 14.3. The lowest BCUT2D eigenvalue weighted by Crippen LogP contribution is -2.28. The zero-order chi connectivity index (χ0) is 15.4. The van der Waals surface area contributed by atoms with Crippen LogP contribution >= 0.6 is 27.5 Å². The van der Waals surface area contributed by atoms with Gasteiger partial charge < -0.3 is 5.32 Å². The average molecular weight is 367 g/mol. The summed E-state index contributed by atoms with van der Waals surface area (Å²) in [5, 5.41) is 3.77. The molecule has 2 nitrogen and oxygen atoms in total. The molecule has 0 aliphatic rings. The Hall–Kier alpha value is -1.32. The van der Waals surface area contributed by atoms with Crippen LogP contribution in [-0.4, -0.2) is 5.91 Å². The van der Waals surface area contributed by atoms with E-state index in [4.69, 9.17) is 11.6 Å². The molecule has 1 atom stereocenters. The minimum absolute atomic E-state index is 0.0258. The van der Waals surface area contributed by atoms with Gasteiger partial charge in [0.25, 0.3) is 5.91 Å². The predicted octanol–water partition coefficient (Wildman–Crippen LogP) is 5.29. The van der Waals surface area contributed by atoms with E-state index in [1.807, 2.05) is 56.3 Å². The van der Waals surface area contributed by atoms with Crippen LogP contribution < -0.4 is 5.32 Å². The van der Waals surface area contributed by atoms with Crippen molar-refractivity contribution in [3.8, 4) is 0 Å². The van der Waals surface area contributed by atoms with Gasteiger partial charge >= 0.3 is 0 Å². The molecule has 0 spiro atoms. The number of halogens is 2. The van der Waals surface area contributed by atoms with E-state index in [9.17, 15) is 4.79 Å². The Labute approximate surface area is 138 Å². The summed E-state index contributed by atoms with van der Waals surface area (Å²) in [6.07, 6.45) is 0.816. The largest absolute Gasteiger partial charge is 0.345 e. The molecule has 0 bridgehead atoms. The lowest BCUT2D eigenvalue weighted by molar-refractivity contribution is 0.0934. The van der Waals surface area contributed by atoms with Crippen molar-refractivity contribution >= 4 is 33.4 Å². The van der Waals surface area contributed by atoms with E-state index < -0.39 is 0 Å². The van der Waals surface area contributed by atoms with Crippen LogP contribution in [0.4, 0.5) is 0 Å². The molecular weight excluding hydrogens is 350 g/mol. The summed E-state index contributed by atoms with van der Waals surface area (Å²) in [7, 11) is 0. The normalized spacial score (nSPS) is 12.0. The van der Waals surface area contributed by atoms with Gasteiger partial charge in [-0.2, -0.15) is 0 Å². The number of hydrogen-bond donors (Lipinski definition) is 1. The fraction of sp³-hybridized carbons (Fsp3) is 0.235. The van der Waals surface area contributed by atoms with Gasteiger partial charge in [-0.05, 0) is 59.1 Å². The third kappa shape index (κ3) is 4.08. The van der Waals surface area contributed by atoms with Gasteiger partial charge in [-0.15, -0.1) is 0 Å². The zero-order valence-electron chi connectivity index (χ0n) is 12.0. The van der Waals surface area contributed by atoms with E-state index in [2.05, 4.69) is 21.2 Å². The third-order valence-corrected chi connectivity index (χ3v) is 4.30. The second-order valence-corrected chi connectivity index (χ2v) is 6.26. The molecule has 21 heavy (non-hydrogen) atoms. The molecule has 1 amide bonds. The Kier molecular flexibility index (Phi) is 5.43. The summed E-state index contributed by atoms with van der Waals surface area (Å²) < 4.78 is 0.802. The molecule has 1 unspecified atom stereocenters. The first kappa shape index (κ1) is 16.1. The van der Waals surface area contributed by atoms with Gasteiger partial charge in [0, 0.05) is 9.50 Å². The van der Waals surface area contributed by atoms with E-state index in [-0.39, 0.29) is 11.9 Å². The SMILES string of the molecule is CCC(NC(=O)c1cc(C)ccc1Br)c1ccc(Cl)cc1. The predicted molar refractivity (Wildman–Crippen MR) is 90.8 cm³/mol. The Morgan fingerprint density at radius 1 is 1.24 bits per heavy atom. The van der Waals surface area contributed by atoms with Crippen LogP contribution in [0.25, 0.3) is 0 Å². The minimum atomic E-state index is -0.0765. The molecule has 0 saturated carbocycles. The monoisotopic (exact) mass is 365 g/mol. The summed E-state index contributed by atoms with van der Waals surface area (Å²) >= 11 is 9.34. The molecule has 110 valence electrons. The molecule has 4 heteroatoms. The highest BCUT2D eigenvalue weighted by Crippen LogP contribution is 2.22. The van der Waals surface area contributed by atoms with Gasteiger partial charge in [0.2, 0.25) is 0 Å². The van der Waals surface area contributed by atoms with Crippen LogP contribution in [-0.2, 0) is 0 Å². The molecule has 2 rings (SSSR count). The molecule has 0 heterocycles. The first-order chi connectivity index (χ1) is 10.0. The maximum Gasteiger partial charge on any atom is 0.252 e. The van der Waals surface area contributed by atoms with Crippen LogP contribution in [0.1, 0.15) is 40.9 Å². The molecule has 0 aromatic heterocycles. The van der Waals surface area contributed by atoms with Crippen molar-refractivity contribution in [2.24, 2.45) is 0 Å². The first-order valence-electron chi connectivity index (χ1n) is 6.83. The van der Waals surface area contributed by atoms with E-state index in [1.165, 1.54) is 0 Å². The number of amides is 1. The Balaban J connectivity index is 2.20. The lowest BCUT2D eigenvalue weighted by atomic mass is 10.0. The number of carbonyl (C=O) groups is 1. The van der Waals surface area contributed by atoms with Crippen LogP contribution in [0.2, 0.25) is 5.02 Å². The minimum Gasteiger partial charge on any atom is -0.345 e. The average Bonchev–Trinajstić information content (AvgIpc) is 2.48. The van der Waals surface area contributed by atoms with Crippen molar-refractivity contribution in [1.29, 1.82) is 0 Å². The van der Waals surface area contributed by atoms with Gasteiger partial charge in [-0.3, -0.25) is 4.79 Å². The second-order valence-electron chi connectivity index (χ2n) is 4.97. The highest BCUT2D eigenvalue weighted by Gasteiger charge is 2.16. The quantitative estimate of drug-likeness (QED) is 0.782. The van der Waals surface area contributed by atoms with Crippen LogP contribution in [0.15, 0.2) is 46.9 Å². The third-order valence-electron chi connectivity index (χ3n) is 3.35. The molecule has 0 saturated heterocycles. The molecule has 1 N–H and O–H groups in total. The van der Waals surface area contributed by atoms with Gasteiger partial charge in [0.05, 0.1) is 11.6 Å². The van der Waals surface area contributed by atoms with Gasteiger partial charge in [0.1, 0.15) is 0 Å². The highest BCUT2D eigenvalue weighted by atomic mass is 79.9. The van der Waals surface area contributed by atoms with Crippen LogP contribution in [0.5, 0.6) is 0 Å². The number of nitrogens with one attached hydrogen (secondary N) is 1. The van der Waals surface area contributed by atoms with Crippen molar-refractivity contribution in [3.05, 3.63) is 68.7 Å². The van der Waals surface area contributed by atoms with Crippen molar-refractivity contribution in [3.63, 3.8) is 0 Å². The molecule has 0 aliphatic heterocycles. The molecule has 2 aromatic carbocycles. The number of rotatable bonds is 4. The molecular formula is C17H17BrClNO. The van der Waals surface area contributed by atoms with Gasteiger partial charge in [-0.25, -0.2) is 0 Å². The Morgan fingerprint density at radius 3 is 2.52 bits per heavy atom. The maximum absolute atomic E-state index is 12.5. The summed E-state index contributed by atoms with van der Waals surface area (Å²) in [6.45, 7) is 4.02. The first-order valence-corrected chi connectivity index (χ1v) is 8.01.